The van der Waals surface area contributed by atoms with E-state index in [2.05, 4.69) is 17.1 Å². The minimum absolute atomic E-state index is 0.131. The molecule has 1 aliphatic heterocycles. The molecule has 0 bridgehead atoms. The van der Waals surface area contributed by atoms with Gasteiger partial charge in [-0.3, -0.25) is 4.79 Å². The smallest absolute Gasteiger partial charge is 0.233 e. The molecular formula is C17H22N4O2S. The summed E-state index contributed by atoms with van der Waals surface area (Å²) in [4.78, 5) is 14.3. The first-order chi connectivity index (χ1) is 11.7. The van der Waals surface area contributed by atoms with Gasteiger partial charge in [-0.05, 0) is 6.42 Å². The number of nitrogens with zero attached hydrogens (tertiary/aromatic N) is 4. The molecule has 0 N–H and O–H groups in total. The summed E-state index contributed by atoms with van der Waals surface area (Å²) in [5.41, 5.74) is 1.02. The maximum Gasteiger partial charge on any atom is 0.233 e. The number of ether oxygens (including phenoxy) is 1. The summed E-state index contributed by atoms with van der Waals surface area (Å²) >= 11 is 1.43. The number of hydrogen-bond acceptors (Lipinski definition) is 5. The van der Waals surface area contributed by atoms with E-state index in [0.717, 1.165) is 23.0 Å². The Balaban J connectivity index is 1.61. The number of thioether (sulfide) groups is 1. The summed E-state index contributed by atoms with van der Waals surface area (Å²) in [5, 5.41) is 9.22. The first-order valence-electron chi connectivity index (χ1n) is 8.16. The largest absolute Gasteiger partial charge is 0.375 e. The Morgan fingerprint density at radius 2 is 2.12 bits per heavy atom. The lowest BCUT2D eigenvalue weighted by Crippen LogP contribution is -2.46. The number of amides is 1. The summed E-state index contributed by atoms with van der Waals surface area (Å²) in [6, 6.07) is 9.93. The average Bonchev–Trinajstić information content (AvgIpc) is 3.01. The van der Waals surface area contributed by atoms with Crippen molar-refractivity contribution in [2.24, 2.45) is 7.05 Å². The maximum atomic E-state index is 12.4. The van der Waals surface area contributed by atoms with Crippen molar-refractivity contribution in [1.82, 2.24) is 19.7 Å². The van der Waals surface area contributed by atoms with Gasteiger partial charge in [-0.2, -0.15) is 0 Å². The summed E-state index contributed by atoms with van der Waals surface area (Å²) in [7, 11) is 1.93. The van der Waals surface area contributed by atoms with Crippen LogP contribution in [0.4, 0.5) is 0 Å². The number of benzene rings is 1. The number of hydrogen-bond donors (Lipinski definition) is 0. The predicted molar refractivity (Wildman–Crippen MR) is 93.8 cm³/mol. The molecule has 1 atom stereocenters. The molecule has 0 radical (unpaired) electrons. The molecule has 2 aromatic rings. The van der Waals surface area contributed by atoms with Gasteiger partial charge in [-0.15, -0.1) is 10.2 Å². The van der Waals surface area contributed by atoms with Crippen molar-refractivity contribution in [3.8, 4) is 11.4 Å². The van der Waals surface area contributed by atoms with Gasteiger partial charge in [0.05, 0.1) is 18.5 Å². The van der Waals surface area contributed by atoms with E-state index in [-0.39, 0.29) is 12.0 Å². The summed E-state index contributed by atoms with van der Waals surface area (Å²) in [6.07, 6.45) is 1.09. The SMILES string of the molecule is CC[C@H]1CN(C(=O)CSc2nnc(-c3ccccc3)n2C)CCO1. The highest BCUT2D eigenvalue weighted by Crippen LogP contribution is 2.23. The number of morpholine rings is 1. The Morgan fingerprint density at radius 3 is 2.88 bits per heavy atom. The third-order valence-electron chi connectivity index (χ3n) is 4.14. The van der Waals surface area contributed by atoms with E-state index in [9.17, 15) is 4.79 Å². The molecule has 6 nitrogen and oxygen atoms in total. The second-order valence-electron chi connectivity index (χ2n) is 5.76. The number of carbonyl (C=O) groups excluding carboxylic acids is 1. The molecule has 128 valence electrons. The van der Waals surface area contributed by atoms with Gasteiger partial charge in [0.1, 0.15) is 0 Å². The van der Waals surface area contributed by atoms with Crippen LogP contribution in [-0.2, 0) is 16.6 Å². The first kappa shape index (κ1) is 17.0. The molecular weight excluding hydrogens is 324 g/mol. The van der Waals surface area contributed by atoms with Crippen LogP contribution < -0.4 is 0 Å². The number of carbonyl (C=O) groups is 1. The molecule has 1 aliphatic rings. The van der Waals surface area contributed by atoms with Gasteiger partial charge in [0.2, 0.25) is 5.91 Å². The van der Waals surface area contributed by atoms with E-state index in [4.69, 9.17) is 4.74 Å². The Kier molecular flexibility index (Phi) is 5.52. The Bertz CT molecular complexity index is 689. The van der Waals surface area contributed by atoms with E-state index in [1.54, 1.807) is 0 Å². The third-order valence-corrected chi connectivity index (χ3v) is 5.14. The lowest BCUT2D eigenvalue weighted by Gasteiger charge is -2.32. The Morgan fingerprint density at radius 1 is 1.33 bits per heavy atom. The Hall–Kier alpha value is -1.86. The van der Waals surface area contributed by atoms with E-state index < -0.39 is 0 Å². The van der Waals surface area contributed by atoms with Gasteiger partial charge in [0.15, 0.2) is 11.0 Å². The highest BCUT2D eigenvalue weighted by Gasteiger charge is 2.23. The van der Waals surface area contributed by atoms with Crippen LogP contribution in [0.15, 0.2) is 35.5 Å². The zero-order valence-electron chi connectivity index (χ0n) is 14.0. The topological polar surface area (TPSA) is 60.2 Å². The molecule has 2 heterocycles. The van der Waals surface area contributed by atoms with Crippen molar-refractivity contribution in [1.29, 1.82) is 0 Å². The fourth-order valence-corrected chi connectivity index (χ4v) is 3.50. The third kappa shape index (κ3) is 3.79. The van der Waals surface area contributed by atoms with Crippen molar-refractivity contribution in [3.05, 3.63) is 30.3 Å². The maximum absolute atomic E-state index is 12.4. The molecule has 0 spiro atoms. The molecule has 1 aromatic carbocycles. The van der Waals surface area contributed by atoms with E-state index in [1.165, 1.54) is 11.8 Å². The molecule has 1 aromatic heterocycles. The highest BCUT2D eigenvalue weighted by molar-refractivity contribution is 7.99. The molecule has 1 fully saturated rings. The summed E-state index contributed by atoms with van der Waals surface area (Å²) < 4.78 is 7.55. The second-order valence-corrected chi connectivity index (χ2v) is 6.70. The molecule has 1 saturated heterocycles. The van der Waals surface area contributed by atoms with Crippen molar-refractivity contribution >= 4 is 17.7 Å². The molecule has 1 amide bonds. The quantitative estimate of drug-likeness (QED) is 0.777. The van der Waals surface area contributed by atoms with Crippen molar-refractivity contribution in [2.75, 3.05) is 25.4 Å². The number of rotatable bonds is 5. The minimum Gasteiger partial charge on any atom is -0.375 e. The molecule has 3 rings (SSSR count). The van der Waals surface area contributed by atoms with Gasteiger partial charge < -0.3 is 14.2 Å². The van der Waals surface area contributed by atoms with Crippen molar-refractivity contribution < 1.29 is 9.53 Å². The average molecular weight is 346 g/mol. The van der Waals surface area contributed by atoms with Crippen LogP contribution in [-0.4, -0.2) is 57.1 Å². The van der Waals surface area contributed by atoms with Crippen LogP contribution >= 0.6 is 11.8 Å². The first-order valence-corrected chi connectivity index (χ1v) is 9.14. The second kappa shape index (κ2) is 7.81. The number of aromatic nitrogens is 3. The van der Waals surface area contributed by atoms with E-state index in [1.807, 2.05) is 46.8 Å². The van der Waals surface area contributed by atoms with Gasteiger partial charge in [0, 0.05) is 25.7 Å². The lowest BCUT2D eigenvalue weighted by atomic mass is 10.2. The monoisotopic (exact) mass is 346 g/mol. The van der Waals surface area contributed by atoms with E-state index in [0.29, 0.717) is 25.4 Å². The van der Waals surface area contributed by atoms with Gasteiger partial charge in [-0.1, -0.05) is 49.0 Å². The van der Waals surface area contributed by atoms with Crippen molar-refractivity contribution in [3.63, 3.8) is 0 Å². The fourth-order valence-electron chi connectivity index (χ4n) is 2.69. The Labute approximate surface area is 146 Å². The summed E-state index contributed by atoms with van der Waals surface area (Å²) in [5.74, 6) is 1.31. The summed E-state index contributed by atoms with van der Waals surface area (Å²) in [6.45, 7) is 4.06. The van der Waals surface area contributed by atoms with Crippen LogP contribution in [0.5, 0.6) is 0 Å². The van der Waals surface area contributed by atoms with Crippen molar-refractivity contribution in [2.45, 2.75) is 24.6 Å². The lowest BCUT2D eigenvalue weighted by molar-refractivity contribution is -0.135. The highest BCUT2D eigenvalue weighted by atomic mass is 32.2. The minimum atomic E-state index is 0.131. The standard InChI is InChI=1S/C17H22N4O2S/c1-3-14-11-21(9-10-23-14)15(22)12-24-17-19-18-16(20(17)2)13-7-5-4-6-8-13/h4-8,14H,3,9-12H2,1-2H3/t14-/m0/s1. The fraction of sp³-hybridized carbons (Fsp3) is 0.471. The van der Waals surface area contributed by atoms with Crippen LogP contribution in [0, 0.1) is 0 Å². The van der Waals surface area contributed by atoms with Gasteiger partial charge >= 0.3 is 0 Å². The molecule has 0 unspecified atom stereocenters. The van der Waals surface area contributed by atoms with Crippen LogP contribution in [0.2, 0.25) is 0 Å². The molecule has 0 saturated carbocycles. The van der Waals surface area contributed by atoms with E-state index >= 15 is 0 Å². The molecule has 0 aliphatic carbocycles. The van der Waals surface area contributed by atoms with Crippen LogP contribution in [0.3, 0.4) is 0 Å². The zero-order valence-corrected chi connectivity index (χ0v) is 14.8. The van der Waals surface area contributed by atoms with Crippen LogP contribution in [0.25, 0.3) is 11.4 Å². The van der Waals surface area contributed by atoms with Gasteiger partial charge in [-0.25, -0.2) is 0 Å². The molecule has 7 heteroatoms. The molecule has 24 heavy (non-hydrogen) atoms. The predicted octanol–water partition coefficient (Wildman–Crippen LogP) is 2.21. The van der Waals surface area contributed by atoms with Gasteiger partial charge in [0.25, 0.3) is 0 Å². The van der Waals surface area contributed by atoms with Crippen LogP contribution in [0.1, 0.15) is 13.3 Å². The normalized spacial score (nSPS) is 17.9. The zero-order chi connectivity index (χ0) is 16.9.